The number of hydrogen-bond acceptors (Lipinski definition) is 0. The van der Waals surface area contributed by atoms with Gasteiger partial charge in [-0.2, -0.15) is 0 Å². The number of allylic oxidation sites excluding steroid dienone is 3. The van der Waals surface area contributed by atoms with Gasteiger partial charge in [-0.3, -0.25) is 0 Å². The van der Waals surface area contributed by atoms with E-state index in [1.165, 1.54) is 64.2 Å². The van der Waals surface area contributed by atoms with Crippen LogP contribution in [0.3, 0.4) is 0 Å². The van der Waals surface area contributed by atoms with Crippen molar-refractivity contribution >= 4 is 0 Å². The summed E-state index contributed by atoms with van der Waals surface area (Å²) in [5, 5.41) is 0. The molecule has 0 atom stereocenters. The summed E-state index contributed by atoms with van der Waals surface area (Å²) in [6.45, 7) is 3.84. The fourth-order valence-electron chi connectivity index (χ4n) is 2.34. The second kappa shape index (κ2) is 8.76. The van der Waals surface area contributed by atoms with Crippen molar-refractivity contribution < 1.29 is 0 Å². The largest absolute Gasteiger partial charge is 0.103 e. The van der Waals surface area contributed by atoms with Crippen molar-refractivity contribution in [1.29, 1.82) is 0 Å². The first kappa shape index (κ1) is 12.5. The van der Waals surface area contributed by atoms with Crippen molar-refractivity contribution in [2.24, 2.45) is 0 Å². The molecule has 86 valence electrons. The average molecular weight is 206 g/mol. The lowest BCUT2D eigenvalue weighted by Crippen LogP contribution is -1.88. The molecule has 0 nitrogen and oxygen atoms in total. The molecule has 0 bridgehead atoms. The van der Waals surface area contributed by atoms with Crippen LogP contribution in [0, 0.1) is 0 Å². The van der Waals surface area contributed by atoms with E-state index in [9.17, 15) is 0 Å². The monoisotopic (exact) mass is 206 g/mol. The first-order valence-corrected chi connectivity index (χ1v) is 6.72. The minimum atomic E-state index is 1.11. The van der Waals surface area contributed by atoms with Gasteiger partial charge < -0.3 is 0 Å². The molecule has 0 spiro atoms. The van der Waals surface area contributed by atoms with E-state index in [4.69, 9.17) is 0 Å². The zero-order valence-corrected chi connectivity index (χ0v) is 10.1. The van der Waals surface area contributed by atoms with Crippen LogP contribution in [-0.2, 0) is 0 Å². The maximum atomic E-state index is 3.84. The van der Waals surface area contributed by atoms with E-state index < -0.39 is 0 Å². The van der Waals surface area contributed by atoms with Crippen molar-refractivity contribution in [3.05, 3.63) is 24.3 Å². The molecule has 0 amide bonds. The van der Waals surface area contributed by atoms with Gasteiger partial charge in [0.15, 0.2) is 0 Å². The molecule has 0 aromatic heterocycles. The van der Waals surface area contributed by atoms with Gasteiger partial charge in [-0.1, -0.05) is 56.3 Å². The predicted octanol–water partition coefficient (Wildman–Crippen LogP) is 5.40. The summed E-state index contributed by atoms with van der Waals surface area (Å²) in [7, 11) is 0. The van der Waals surface area contributed by atoms with Crippen LogP contribution in [0.2, 0.25) is 0 Å². The molecule has 1 aliphatic rings. The first-order chi connectivity index (χ1) is 7.43. The van der Waals surface area contributed by atoms with Crippen LogP contribution in [-0.4, -0.2) is 0 Å². The van der Waals surface area contributed by atoms with E-state index in [0.29, 0.717) is 0 Å². The van der Waals surface area contributed by atoms with Crippen LogP contribution in [0.25, 0.3) is 0 Å². The molecule has 1 rings (SSSR count). The van der Waals surface area contributed by atoms with E-state index in [1.54, 1.807) is 5.57 Å². The van der Waals surface area contributed by atoms with Gasteiger partial charge in [-0.25, -0.2) is 0 Å². The van der Waals surface area contributed by atoms with Crippen LogP contribution in [0.15, 0.2) is 24.3 Å². The molecule has 1 aliphatic carbocycles. The molecule has 0 aromatic carbocycles. The fraction of sp³-hybridized carbons (Fsp3) is 0.733. The molecular formula is C15H26. The quantitative estimate of drug-likeness (QED) is 0.530. The van der Waals surface area contributed by atoms with Crippen molar-refractivity contribution in [3.63, 3.8) is 0 Å². The molecule has 0 heteroatoms. The molecule has 0 fully saturated rings. The Kier molecular flexibility index (Phi) is 7.33. The Morgan fingerprint density at radius 3 is 2.20 bits per heavy atom. The van der Waals surface area contributed by atoms with E-state index >= 15 is 0 Å². The standard InChI is InChI=1S/C15H26/c1-2-12-15-13-10-8-6-4-3-5-7-9-11-14-15/h2,13H,1,3-12,14H2. The fourth-order valence-corrected chi connectivity index (χ4v) is 2.34. The first-order valence-electron chi connectivity index (χ1n) is 6.72. The summed E-state index contributed by atoms with van der Waals surface area (Å²) in [4.78, 5) is 0. The summed E-state index contributed by atoms with van der Waals surface area (Å²) < 4.78 is 0. The smallest absolute Gasteiger partial charge is 0.0142 e. The topological polar surface area (TPSA) is 0 Å². The molecular weight excluding hydrogens is 180 g/mol. The Morgan fingerprint density at radius 2 is 1.53 bits per heavy atom. The lowest BCUT2D eigenvalue weighted by atomic mass is 9.99. The predicted molar refractivity (Wildman–Crippen MR) is 69.1 cm³/mol. The van der Waals surface area contributed by atoms with Crippen LogP contribution in [0.1, 0.15) is 70.6 Å². The minimum Gasteiger partial charge on any atom is -0.103 e. The molecule has 0 saturated heterocycles. The Balaban J connectivity index is 2.34. The van der Waals surface area contributed by atoms with E-state index in [1.807, 2.05) is 0 Å². The molecule has 0 aliphatic heterocycles. The minimum absolute atomic E-state index is 1.11. The molecule has 15 heavy (non-hydrogen) atoms. The van der Waals surface area contributed by atoms with Crippen LogP contribution in [0.5, 0.6) is 0 Å². The maximum absolute atomic E-state index is 3.84. The summed E-state index contributed by atoms with van der Waals surface area (Å²) in [5.41, 5.74) is 1.63. The van der Waals surface area contributed by atoms with Crippen LogP contribution in [0.4, 0.5) is 0 Å². The Hall–Kier alpha value is -0.520. The van der Waals surface area contributed by atoms with E-state index in [0.717, 1.165) is 6.42 Å². The van der Waals surface area contributed by atoms with Gasteiger partial charge in [0.1, 0.15) is 0 Å². The van der Waals surface area contributed by atoms with Crippen molar-refractivity contribution in [2.45, 2.75) is 70.6 Å². The molecule has 0 saturated carbocycles. The Labute approximate surface area is 95.5 Å². The zero-order chi connectivity index (χ0) is 10.8. The van der Waals surface area contributed by atoms with Crippen molar-refractivity contribution in [2.75, 3.05) is 0 Å². The van der Waals surface area contributed by atoms with Gasteiger partial charge >= 0.3 is 0 Å². The normalized spacial score (nSPS) is 20.9. The Bertz CT molecular complexity index is 188. The lowest BCUT2D eigenvalue weighted by Gasteiger charge is -2.08. The maximum Gasteiger partial charge on any atom is -0.0142 e. The number of rotatable bonds is 2. The number of hydrogen-bond donors (Lipinski definition) is 0. The van der Waals surface area contributed by atoms with E-state index in [-0.39, 0.29) is 0 Å². The summed E-state index contributed by atoms with van der Waals surface area (Å²) in [6, 6.07) is 0. The third kappa shape index (κ3) is 6.54. The highest BCUT2D eigenvalue weighted by atomic mass is 14.0. The third-order valence-corrected chi connectivity index (χ3v) is 3.29. The van der Waals surface area contributed by atoms with Gasteiger partial charge in [0.05, 0.1) is 0 Å². The SMILES string of the molecule is C=CCC1=CCCCCCCCCCC1. The third-order valence-electron chi connectivity index (χ3n) is 3.29. The molecule has 0 heterocycles. The summed E-state index contributed by atoms with van der Waals surface area (Å²) in [5.74, 6) is 0. The lowest BCUT2D eigenvalue weighted by molar-refractivity contribution is 0.561. The molecule has 0 unspecified atom stereocenters. The second-order valence-electron chi connectivity index (χ2n) is 4.72. The molecule has 0 radical (unpaired) electrons. The average Bonchev–Trinajstić information content (AvgIpc) is 2.22. The van der Waals surface area contributed by atoms with Crippen molar-refractivity contribution in [3.8, 4) is 0 Å². The Morgan fingerprint density at radius 1 is 0.933 bits per heavy atom. The summed E-state index contributed by atoms with van der Waals surface area (Å²) in [6.07, 6.45) is 19.7. The van der Waals surface area contributed by atoms with Gasteiger partial charge in [0, 0.05) is 0 Å². The highest BCUT2D eigenvalue weighted by Crippen LogP contribution is 2.18. The molecule has 0 N–H and O–H groups in total. The van der Waals surface area contributed by atoms with Crippen LogP contribution >= 0.6 is 0 Å². The van der Waals surface area contributed by atoms with Crippen LogP contribution < -0.4 is 0 Å². The zero-order valence-electron chi connectivity index (χ0n) is 10.1. The van der Waals surface area contributed by atoms with Gasteiger partial charge in [0.25, 0.3) is 0 Å². The van der Waals surface area contributed by atoms with Gasteiger partial charge in [-0.05, 0) is 32.1 Å². The van der Waals surface area contributed by atoms with Gasteiger partial charge in [0.2, 0.25) is 0 Å². The van der Waals surface area contributed by atoms with E-state index in [2.05, 4.69) is 18.7 Å². The second-order valence-corrected chi connectivity index (χ2v) is 4.72. The van der Waals surface area contributed by atoms with Gasteiger partial charge in [-0.15, -0.1) is 6.58 Å². The highest BCUT2D eigenvalue weighted by molar-refractivity contribution is 5.06. The summed E-state index contributed by atoms with van der Waals surface area (Å²) >= 11 is 0. The van der Waals surface area contributed by atoms with Crippen molar-refractivity contribution in [1.82, 2.24) is 0 Å². The molecule has 0 aromatic rings. The highest BCUT2D eigenvalue weighted by Gasteiger charge is 1.98.